The van der Waals surface area contributed by atoms with Crippen LogP contribution in [0.3, 0.4) is 0 Å². The van der Waals surface area contributed by atoms with Crippen molar-refractivity contribution in [3.8, 4) is 0 Å². The van der Waals surface area contributed by atoms with Crippen LogP contribution in [0.4, 0.5) is 18.9 Å². The lowest BCUT2D eigenvalue weighted by Gasteiger charge is -2.49. The van der Waals surface area contributed by atoms with Gasteiger partial charge in [0, 0.05) is 36.2 Å². The molecule has 2 aromatic carbocycles. The number of H-pyrrole nitrogens is 1. The van der Waals surface area contributed by atoms with Gasteiger partial charge in [-0.3, -0.25) is 19.3 Å². The predicted molar refractivity (Wildman–Crippen MR) is 129 cm³/mol. The second-order valence-corrected chi connectivity index (χ2v) is 10.2. The lowest BCUT2D eigenvalue weighted by molar-refractivity contribution is 0.00603. The van der Waals surface area contributed by atoms with Gasteiger partial charge in [0.1, 0.15) is 0 Å². The lowest BCUT2D eigenvalue weighted by atomic mass is 9.78. The van der Waals surface area contributed by atoms with Crippen molar-refractivity contribution >= 4 is 16.6 Å². The van der Waals surface area contributed by atoms with Gasteiger partial charge < -0.3 is 5.32 Å². The van der Waals surface area contributed by atoms with Crippen molar-refractivity contribution < 1.29 is 13.2 Å². The molecule has 2 N–H and O–H groups in total. The zero-order valence-electron chi connectivity index (χ0n) is 19.7. The van der Waals surface area contributed by atoms with Crippen molar-refractivity contribution in [2.75, 3.05) is 38.2 Å². The van der Waals surface area contributed by atoms with E-state index in [2.05, 4.69) is 38.6 Å². The smallest absolute Gasteiger partial charge is 0.251 e. The van der Waals surface area contributed by atoms with E-state index in [0.29, 0.717) is 18.9 Å². The molecule has 0 spiro atoms. The number of nitrogens with one attached hydrogen (secondary N) is 2. The fourth-order valence-electron chi connectivity index (χ4n) is 5.58. The van der Waals surface area contributed by atoms with Crippen molar-refractivity contribution in [1.29, 1.82) is 0 Å². The molecule has 1 fully saturated rings. The molecule has 0 bridgehead atoms. The number of anilines is 1. The molecular weight excluding hydrogens is 439 g/mol. The van der Waals surface area contributed by atoms with E-state index in [-0.39, 0.29) is 19.3 Å². The van der Waals surface area contributed by atoms with E-state index in [1.807, 2.05) is 43.1 Å². The third-order valence-corrected chi connectivity index (χ3v) is 7.26. The molecule has 0 aliphatic carbocycles. The van der Waals surface area contributed by atoms with Crippen LogP contribution in [0.15, 0.2) is 42.6 Å². The van der Waals surface area contributed by atoms with Crippen molar-refractivity contribution in [3.05, 3.63) is 59.3 Å². The Morgan fingerprint density at radius 2 is 1.91 bits per heavy atom. The first-order chi connectivity index (χ1) is 16.4. The monoisotopic (exact) mass is 471 g/mol. The van der Waals surface area contributed by atoms with E-state index in [1.165, 1.54) is 5.56 Å². The molecule has 34 heavy (non-hydrogen) atoms. The summed E-state index contributed by atoms with van der Waals surface area (Å²) >= 11 is 0. The number of fused-ring (bicyclic) bond motifs is 3. The van der Waals surface area contributed by atoms with Gasteiger partial charge in [-0.1, -0.05) is 18.2 Å². The number of hydrogen-bond donors (Lipinski definition) is 2. The van der Waals surface area contributed by atoms with Gasteiger partial charge in [-0.2, -0.15) is 5.10 Å². The number of hydrogen-bond acceptors (Lipinski definition) is 4. The summed E-state index contributed by atoms with van der Waals surface area (Å²) in [4.78, 5) is 4.19. The zero-order chi connectivity index (χ0) is 23.9. The van der Waals surface area contributed by atoms with E-state index < -0.39 is 12.0 Å². The fraction of sp³-hybridized carbons (Fsp3) is 0.500. The molecule has 3 aromatic rings. The van der Waals surface area contributed by atoms with E-state index in [4.69, 9.17) is 0 Å². The minimum Gasteiger partial charge on any atom is -0.380 e. The zero-order valence-corrected chi connectivity index (χ0v) is 19.7. The molecule has 0 saturated carbocycles. The normalized spacial score (nSPS) is 21.1. The third kappa shape index (κ3) is 4.41. The first-order valence-electron chi connectivity index (χ1n) is 12.0. The number of aromatic nitrogens is 2. The number of benzene rings is 2. The van der Waals surface area contributed by atoms with Crippen LogP contribution in [0, 0.1) is 0 Å². The van der Waals surface area contributed by atoms with Gasteiger partial charge in [-0.05, 0) is 61.6 Å². The summed E-state index contributed by atoms with van der Waals surface area (Å²) in [6.45, 7) is 6.16. The summed E-state index contributed by atoms with van der Waals surface area (Å²) < 4.78 is 39.8. The second-order valence-electron chi connectivity index (χ2n) is 10.2. The maximum absolute atomic E-state index is 13.7. The van der Waals surface area contributed by atoms with Crippen LogP contribution >= 0.6 is 0 Å². The molecule has 2 aliphatic heterocycles. The molecule has 3 heterocycles. The van der Waals surface area contributed by atoms with E-state index in [9.17, 15) is 13.2 Å². The van der Waals surface area contributed by atoms with Gasteiger partial charge in [-0.25, -0.2) is 8.78 Å². The highest BCUT2D eigenvalue weighted by Gasteiger charge is 2.42. The van der Waals surface area contributed by atoms with Crippen LogP contribution in [0.2, 0.25) is 0 Å². The average Bonchev–Trinajstić information content (AvgIpc) is 3.25. The van der Waals surface area contributed by atoms with Crippen molar-refractivity contribution in [1.82, 2.24) is 20.0 Å². The quantitative estimate of drug-likeness (QED) is 0.485. The van der Waals surface area contributed by atoms with Crippen LogP contribution in [0.25, 0.3) is 10.9 Å². The summed E-state index contributed by atoms with van der Waals surface area (Å²) in [6.07, 6.45) is 0.691. The summed E-state index contributed by atoms with van der Waals surface area (Å²) in [6, 6.07) is 12.3. The summed E-state index contributed by atoms with van der Waals surface area (Å²) in [5, 5.41) is 11.8. The van der Waals surface area contributed by atoms with Crippen LogP contribution in [0.5, 0.6) is 0 Å². The highest BCUT2D eigenvalue weighted by molar-refractivity contribution is 5.83. The summed E-state index contributed by atoms with van der Waals surface area (Å²) in [7, 11) is 0. The molecule has 5 nitrogen and oxygen atoms in total. The number of halogens is 3. The van der Waals surface area contributed by atoms with Gasteiger partial charge >= 0.3 is 0 Å². The van der Waals surface area contributed by atoms with E-state index in [0.717, 1.165) is 47.4 Å². The van der Waals surface area contributed by atoms with Gasteiger partial charge in [0.05, 0.1) is 37.0 Å². The topological polar surface area (TPSA) is 47.2 Å². The van der Waals surface area contributed by atoms with Crippen LogP contribution < -0.4 is 5.32 Å². The van der Waals surface area contributed by atoms with E-state index in [1.54, 1.807) is 0 Å². The van der Waals surface area contributed by atoms with Crippen molar-refractivity contribution in [2.24, 2.45) is 0 Å². The Morgan fingerprint density at radius 3 is 2.62 bits per heavy atom. The number of aromatic amines is 1. The average molecular weight is 472 g/mol. The Hall–Kier alpha value is -2.58. The highest BCUT2D eigenvalue weighted by atomic mass is 19.3. The molecule has 2 aliphatic rings. The number of nitrogens with zero attached hydrogens (tertiary/aromatic N) is 3. The predicted octanol–water partition coefficient (Wildman–Crippen LogP) is 5.01. The SMILES string of the molecule is CC1(C)Cc2c(ccc3[nH]ncc23)[C@@H](c2ccc(NC3CN(CCCF)C3)cc2)N1CC(F)F. The Morgan fingerprint density at radius 1 is 1.15 bits per heavy atom. The summed E-state index contributed by atoms with van der Waals surface area (Å²) in [5.74, 6) is 0. The largest absolute Gasteiger partial charge is 0.380 e. The van der Waals surface area contributed by atoms with Gasteiger partial charge in [0.2, 0.25) is 0 Å². The van der Waals surface area contributed by atoms with Gasteiger partial charge in [0.15, 0.2) is 0 Å². The standard InChI is InChI=1S/C26H32F3N5/c1-26(2)12-21-20(8-9-23-22(21)13-30-32-23)25(34(26)16-24(28)29)17-4-6-18(7-5-17)31-19-14-33(15-19)11-3-10-27/h4-9,13,19,24-25,31H,3,10-12,14-16H2,1-2H3,(H,30,32)/t25-/m1/s1. The first-order valence-corrected chi connectivity index (χ1v) is 12.0. The maximum Gasteiger partial charge on any atom is 0.251 e. The highest BCUT2D eigenvalue weighted by Crippen LogP contribution is 2.44. The molecule has 8 heteroatoms. The summed E-state index contributed by atoms with van der Waals surface area (Å²) in [5.41, 5.74) is 4.79. The molecule has 1 aromatic heterocycles. The minimum absolute atomic E-state index is 0.263. The number of likely N-dealkylation sites (tertiary alicyclic amines) is 1. The maximum atomic E-state index is 13.7. The van der Waals surface area contributed by atoms with Crippen LogP contribution in [-0.4, -0.2) is 70.9 Å². The Kier molecular flexibility index (Phi) is 6.29. The Bertz CT molecular complexity index is 1120. The van der Waals surface area contributed by atoms with Gasteiger partial charge in [-0.15, -0.1) is 0 Å². The minimum atomic E-state index is -2.42. The third-order valence-electron chi connectivity index (χ3n) is 7.26. The van der Waals surface area contributed by atoms with Crippen LogP contribution in [0.1, 0.15) is 43.0 Å². The molecule has 1 atom stereocenters. The molecule has 182 valence electrons. The van der Waals surface area contributed by atoms with Crippen LogP contribution in [-0.2, 0) is 6.42 Å². The molecule has 0 unspecified atom stereocenters. The molecule has 5 rings (SSSR count). The lowest BCUT2D eigenvalue weighted by Crippen LogP contribution is -2.54. The molecule has 1 saturated heterocycles. The number of alkyl halides is 3. The molecular formula is C26H32F3N5. The second kappa shape index (κ2) is 9.23. The molecule has 0 radical (unpaired) electrons. The Labute approximate surface area is 198 Å². The first kappa shape index (κ1) is 23.2. The van der Waals surface area contributed by atoms with Crippen molar-refractivity contribution in [3.63, 3.8) is 0 Å². The Balaban J connectivity index is 1.42. The van der Waals surface area contributed by atoms with E-state index >= 15 is 0 Å². The number of rotatable bonds is 8. The van der Waals surface area contributed by atoms with Gasteiger partial charge in [0.25, 0.3) is 6.43 Å². The van der Waals surface area contributed by atoms with Crippen molar-refractivity contribution in [2.45, 2.75) is 50.7 Å². The molecule has 0 amide bonds. The fourth-order valence-corrected chi connectivity index (χ4v) is 5.58.